The molecule has 0 unspecified atom stereocenters. The zero-order valence-electron chi connectivity index (χ0n) is 7.87. The van der Waals surface area contributed by atoms with Crippen molar-refractivity contribution >= 4 is 31.9 Å². The molecule has 0 bridgehead atoms. The van der Waals surface area contributed by atoms with Gasteiger partial charge in [-0.05, 0) is 12.3 Å². The Hall–Kier alpha value is 0.960. The lowest BCUT2D eigenvalue weighted by Crippen LogP contribution is -1.82. The van der Waals surface area contributed by atoms with Crippen molar-refractivity contribution in [1.82, 2.24) is 0 Å². The second-order valence-corrected chi connectivity index (χ2v) is 4.38. The quantitative estimate of drug-likeness (QED) is 0.523. The van der Waals surface area contributed by atoms with Gasteiger partial charge in [0.1, 0.15) is 0 Å². The van der Waals surface area contributed by atoms with E-state index in [-0.39, 0.29) is 0 Å². The lowest BCUT2D eigenvalue weighted by molar-refractivity contribution is 0.756. The Balaban J connectivity index is 0. The van der Waals surface area contributed by atoms with E-state index < -0.39 is 0 Å². The van der Waals surface area contributed by atoms with Crippen molar-refractivity contribution in [3.05, 3.63) is 0 Å². The van der Waals surface area contributed by atoms with Gasteiger partial charge in [-0.1, -0.05) is 65.5 Å². The SMILES string of the molecule is CC(C)CBr.CCCCCBr. The van der Waals surface area contributed by atoms with Crippen molar-refractivity contribution in [2.75, 3.05) is 10.7 Å². The topological polar surface area (TPSA) is 0 Å². The third-order valence-electron chi connectivity index (χ3n) is 1.05. The van der Waals surface area contributed by atoms with Crippen LogP contribution in [-0.2, 0) is 0 Å². The molecule has 0 aromatic heterocycles. The summed E-state index contributed by atoms with van der Waals surface area (Å²) in [6, 6.07) is 0. The summed E-state index contributed by atoms with van der Waals surface area (Å²) >= 11 is 6.66. The van der Waals surface area contributed by atoms with E-state index in [1.807, 2.05) is 0 Å². The summed E-state index contributed by atoms with van der Waals surface area (Å²) in [5, 5.41) is 2.29. The molecule has 0 atom stereocenters. The van der Waals surface area contributed by atoms with Gasteiger partial charge in [-0.3, -0.25) is 0 Å². The number of hydrogen-bond donors (Lipinski definition) is 0. The first-order valence-corrected chi connectivity index (χ1v) is 6.55. The summed E-state index contributed by atoms with van der Waals surface area (Å²) in [4.78, 5) is 0. The van der Waals surface area contributed by atoms with Crippen LogP contribution >= 0.6 is 31.9 Å². The van der Waals surface area contributed by atoms with E-state index in [4.69, 9.17) is 0 Å². The molecule has 0 amide bonds. The van der Waals surface area contributed by atoms with Crippen molar-refractivity contribution in [3.8, 4) is 0 Å². The van der Waals surface area contributed by atoms with Crippen molar-refractivity contribution in [2.45, 2.75) is 40.0 Å². The van der Waals surface area contributed by atoms with Crippen LogP contribution in [0.2, 0.25) is 0 Å². The highest BCUT2D eigenvalue weighted by molar-refractivity contribution is 9.09. The Morgan fingerprint density at radius 3 is 1.64 bits per heavy atom. The number of hydrogen-bond acceptors (Lipinski definition) is 0. The average Bonchev–Trinajstić information content (AvgIpc) is 2.02. The third-order valence-corrected chi connectivity index (χ3v) is 2.90. The van der Waals surface area contributed by atoms with Crippen molar-refractivity contribution in [2.24, 2.45) is 5.92 Å². The first kappa shape index (κ1) is 14.5. The zero-order valence-corrected chi connectivity index (χ0v) is 11.0. The first-order valence-electron chi connectivity index (χ1n) is 4.30. The smallest absolute Gasteiger partial charge is 0.00544 e. The van der Waals surface area contributed by atoms with Gasteiger partial charge >= 0.3 is 0 Å². The minimum Gasteiger partial charge on any atom is -0.0928 e. The van der Waals surface area contributed by atoms with E-state index in [0.717, 1.165) is 11.2 Å². The fourth-order valence-electron chi connectivity index (χ4n) is 0.344. The second-order valence-electron chi connectivity index (χ2n) is 2.94. The van der Waals surface area contributed by atoms with Gasteiger partial charge in [0.05, 0.1) is 0 Å². The molecule has 0 saturated carbocycles. The minimum atomic E-state index is 0.801. The predicted molar refractivity (Wildman–Crippen MR) is 62.0 cm³/mol. The number of halogens is 2. The molecule has 0 spiro atoms. The molecule has 0 fully saturated rings. The molecule has 0 N–H and O–H groups in total. The molecular formula is C9H20Br2. The summed E-state index contributed by atoms with van der Waals surface area (Å²) < 4.78 is 0. The van der Waals surface area contributed by atoms with Gasteiger partial charge in [-0.25, -0.2) is 0 Å². The standard InChI is InChI=1S/C5H11Br.C4H9Br/c1-2-3-4-5-6;1-4(2)3-5/h2-5H2,1H3;4H,3H2,1-2H3. The lowest BCUT2D eigenvalue weighted by Gasteiger charge is -1.88. The Labute approximate surface area is 88.4 Å². The molecule has 0 rings (SSSR count). The highest BCUT2D eigenvalue weighted by atomic mass is 79.9. The Kier molecular flexibility index (Phi) is 17.8. The van der Waals surface area contributed by atoms with Crippen molar-refractivity contribution in [3.63, 3.8) is 0 Å². The maximum atomic E-state index is 3.35. The normalized spacial score (nSPS) is 9.27. The molecule has 0 aromatic rings. The van der Waals surface area contributed by atoms with Crippen LogP contribution in [0.1, 0.15) is 40.0 Å². The molecule has 0 nitrogen and oxygen atoms in total. The van der Waals surface area contributed by atoms with Crippen molar-refractivity contribution < 1.29 is 0 Å². The van der Waals surface area contributed by atoms with Gasteiger partial charge in [0.2, 0.25) is 0 Å². The van der Waals surface area contributed by atoms with Gasteiger partial charge in [-0.15, -0.1) is 0 Å². The molecule has 0 aliphatic rings. The number of unbranched alkanes of at least 4 members (excludes halogenated alkanes) is 2. The summed E-state index contributed by atoms with van der Waals surface area (Å²) in [5.41, 5.74) is 0. The van der Waals surface area contributed by atoms with Crippen LogP contribution in [0.3, 0.4) is 0 Å². The molecule has 2 heteroatoms. The van der Waals surface area contributed by atoms with Crippen LogP contribution in [0.5, 0.6) is 0 Å². The van der Waals surface area contributed by atoms with E-state index in [2.05, 4.69) is 52.6 Å². The minimum absolute atomic E-state index is 0.801. The fraction of sp³-hybridized carbons (Fsp3) is 1.00. The Bertz CT molecular complexity index is 49.5. The van der Waals surface area contributed by atoms with E-state index in [1.54, 1.807) is 0 Å². The van der Waals surface area contributed by atoms with Crippen LogP contribution < -0.4 is 0 Å². The summed E-state index contributed by atoms with van der Waals surface area (Å²) in [6.07, 6.45) is 4.02. The fourth-order valence-corrected chi connectivity index (χ4v) is 0.741. The Morgan fingerprint density at radius 2 is 1.55 bits per heavy atom. The summed E-state index contributed by atoms with van der Waals surface area (Å²) in [5.74, 6) is 0.801. The molecule has 0 aromatic carbocycles. The summed E-state index contributed by atoms with van der Waals surface area (Å²) in [7, 11) is 0. The Morgan fingerprint density at radius 1 is 1.09 bits per heavy atom. The molecule has 0 saturated heterocycles. The molecule has 0 aliphatic heterocycles. The lowest BCUT2D eigenvalue weighted by atomic mass is 10.3. The maximum Gasteiger partial charge on any atom is 0.00544 e. The monoisotopic (exact) mass is 286 g/mol. The predicted octanol–water partition coefficient (Wildman–Crippen LogP) is 4.61. The van der Waals surface area contributed by atoms with E-state index in [0.29, 0.717) is 0 Å². The van der Waals surface area contributed by atoms with E-state index >= 15 is 0 Å². The molecular weight excluding hydrogens is 268 g/mol. The van der Waals surface area contributed by atoms with Gasteiger partial charge in [-0.2, -0.15) is 0 Å². The van der Waals surface area contributed by atoms with Crippen LogP contribution in [0.25, 0.3) is 0 Å². The van der Waals surface area contributed by atoms with Crippen LogP contribution in [0, 0.1) is 5.92 Å². The van der Waals surface area contributed by atoms with Crippen LogP contribution in [0.15, 0.2) is 0 Å². The largest absolute Gasteiger partial charge is 0.0928 e. The van der Waals surface area contributed by atoms with Gasteiger partial charge in [0.25, 0.3) is 0 Å². The zero-order chi connectivity index (χ0) is 9.11. The van der Waals surface area contributed by atoms with Gasteiger partial charge < -0.3 is 0 Å². The molecule has 0 heterocycles. The van der Waals surface area contributed by atoms with Gasteiger partial charge in [0, 0.05) is 10.7 Å². The second kappa shape index (κ2) is 13.5. The van der Waals surface area contributed by atoms with Crippen LogP contribution in [-0.4, -0.2) is 10.7 Å². The average molecular weight is 288 g/mol. The highest BCUT2D eigenvalue weighted by Gasteiger charge is 1.81. The van der Waals surface area contributed by atoms with Crippen molar-refractivity contribution in [1.29, 1.82) is 0 Å². The number of alkyl halides is 2. The maximum absolute atomic E-state index is 3.35. The highest BCUT2D eigenvalue weighted by Crippen LogP contribution is 1.95. The number of rotatable bonds is 4. The van der Waals surface area contributed by atoms with Crippen LogP contribution in [0.4, 0.5) is 0 Å². The van der Waals surface area contributed by atoms with Gasteiger partial charge in [0.15, 0.2) is 0 Å². The van der Waals surface area contributed by atoms with E-state index in [9.17, 15) is 0 Å². The molecule has 0 radical (unpaired) electrons. The molecule has 70 valence electrons. The molecule has 0 aliphatic carbocycles. The third kappa shape index (κ3) is 24.8. The van der Waals surface area contributed by atoms with E-state index in [1.165, 1.54) is 24.6 Å². The molecule has 11 heavy (non-hydrogen) atoms. The first-order chi connectivity index (χ1) is 5.18. The summed E-state index contributed by atoms with van der Waals surface area (Å²) in [6.45, 7) is 6.56.